The normalized spacial score (nSPS) is 10.4. The molecule has 0 spiro atoms. The van der Waals surface area contributed by atoms with Crippen LogP contribution in [0.2, 0.25) is 15.1 Å². The van der Waals surface area contributed by atoms with Gasteiger partial charge < -0.3 is 14.6 Å². The minimum Gasteiger partial charge on any atom is -0.490 e. The van der Waals surface area contributed by atoms with Gasteiger partial charge in [-0.3, -0.25) is 0 Å². The van der Waals surface area contributed by atoms with Crippen LogP contribution in [-0.4, -0.2) is 17.7 Å². The number of hydrogen-bond donors (Lipinski definition) is 1. The average molecular weight is 376 g/mol. The van der Waals surface area contributed by atoms with Crippen LogP contribution in [0.1, 0.15) is 22.8 Å². The van der Waals surface area contributed by atoms with Gasteiger partial charge in [0.25, 0.3) is 0 Å². The van der Waals surface area contributed by atoms with Gasteiger partial charge in [-0.15, -0.1) is 0 Å². The third kappa shape index (κ3) is 4.44. The zero-order valence-corrected chi connectivity index (χ0v) is 14.4. The zero-order valence-electron chi connectivity index (χ0n) is 12.1. The molecule has 0 amide bonds. The fourth-order valence-corrected chi connectivity index (χ4v) is 2.61. The summed E-state index contributed by atoms with van der Waals surface area (Å²) in [5, 5.41) is 10.2. The summed E-state index contributed by atoms with van der Waals surface area (Å²) in [5.41, 5.74) is 0.743. The Balaban J connectivity index is 2.29. The maximum atomic E-state index is 11.1. The van der Waals surface area contributed by atoms with E-state index in [9.17, 15) is 4.79 Å². The van der Waals surface area contributed by atoms with E-state index >= 15 is 0 Å². The summed E-state index contributed by atoms with van der Waals surface area (Å²) in [6.07, 6.45) is 0. The number of carboxylic acid groups (broad SMARTS) is 1. The van der Waals surface area contributed by atoms with E-state index in [0.29, 0.717) is 16.7 Å². The highest BCUT2D eigenvalue weighted by Crippen LogP contribution is 2.37. The quantitative estimate of drug-likeness (QED) is 0.742. The molecule has 2 rings (SSSR count). The third-order valence-corrected chi connectivity index (χ3v) is 3.81. The van der Waals surface area contributed by atoms with Crippen molar-refractivity contribution in [3.8, 4) is 11.5 Å². The second-order valence-corrected chi connectivity index (χ2v) is 5.80. The minimum absolute atomic E-state index is 0.0234. The summed E-state index contributed by atoms with van der Waals surface area (Å²) < 4.78 is 11.1. The lowest BCUT2D eigenvalue weighted by Crippen LogP contribution is -2.04. The Hall–Kier alpha value is -1.62. The summed E-state index contributed by atoms with van der Waals surface area (Å²) in [6, 6.07) is 7.73. The van der Waals surface area contributed by atoms with E-state index in [1.807, 2.05) is 0 Å². The molecule has 0 atom stereocenters. The van der Waals surface area contributed by atoms with Crippen molar-refractivity contribution < 1.29 is 19.4 Å². The van der Waals surface area contributed by atoms with Crippen LogP contribution < -0.4 is 9.47 Å². The van der Waals surface area contributed by atoms with Gasteiger partial charge in [-0.25, -0.2) is 4.79 Å². The number of halogens is 3. The predicted molar refractivity (Wildman–Crippen MR) is 90.4 cm³/mol. The van der Waals surface area contributed by atoms with Crippen LogP contribution in [0.15, 0.2) is 30.3 Å². The van der Waals surface area contributed by atoms with E-state index in [1.165, 1.54) is 12.1 Å². The maximum absolute atomic E-state index is 11.1. The molecule has 0 fully saturated rings. The molecule has 0 saturated heterocycles. The fraction of sp³-hybridized carbons (Fsp3) is 0.188. The summed E-state index contributed by atoms with van der Waals surface area (Å²) in [5.74, 6) is -0.563. The first-order chi connectivity index (χ1) is 10.9. The lowest BCUT2D eigenvalue weighted by molar-refractivity contribution is 0.0696. The highest BCUT2D eigenvalue weighted by Gasteiger charge is 2.16. The SMILES string of the molecule is CCOc1cc(C(=O)O)cc(Cl)c1OCc1ccc(Cl)cc1Cl. The number of hydrogen-bond acceptors (Lipinski definition) is 3. The Morgan fingerprint density at radius 3 is 2.43 bits per heavy atom. The molecule has 0 radical (unpaired) electrons. The van der Waals surface area contributed by atoms with E-state index in [0.717, 1.165) is 5.56 Å². The molecule has 0 aliphatic rings. The molecule has 0 bridgehead atoms. The third-order valence-electron chi connectivity index (χ3n) is 2.94. The highest BCUT2D eigenvalue weighted by atomic mass is 35.5. The number of carboxylic acids is 1. The summed E-state index contributed by atoms with van der Waals surface area (Å²) in [4.78, 5) is 11.1. The van der Waals surface area contributed by atoms with Gasteiger partial charge in [0, 0.05) is 15.6 Å². The van der Waals surface area contributed by atoms with Crippen molar-refractivity contribution >= 4 is 40.8 Å². The Morgan fingerprint density at radius 1 is 1.09 bits per heavy atom. The van der Waals surface area contributed by atoms with E-state index in [4.69, 9.17) is 49.4 Å². The van der Waals surface area contributed by atoms with Gasteiger partial charge in [0.05, 0.1) is 17.2 Å². The number of rotatable bonds is 6. The number of carbonyl (C=O) groups is 1. The second-order valence-electron chi connectivity index (χ2n) is 4.55. The first-order valence-corrected chi connectivity index (χ1v) is 7.82. The molecule has 0 saturated carbocycles. The van der Waals surface area contributed by atoms with Crippen LogP contribution in [0.25, 0.3) is 0 Å². The van der Waals surface area contributed by atoms with Crippen molar-refractivity contribution in [3.05, 3.63) is 56.5 Å². The average Bonchev–Trinajstić information content (AvgIpc) is 2.48. The molecule has 0 aliphatic heterocycles. The molecular formula is C16H13Cl3O4. The van der Waals surface area contributed by atoms with E-state index in [-0.39, 0.29) is 28.7 Å². The van der Waals surface area contributed by atoms with Crippen LogP contribution in [0.4, 0.5) is 0 Å². The topological polar surface area (TPSA) is 55.8 Å². The molecule has 7 heteroatoms. The number of ether oxygens (including phenoxy) is 2. The van der Waals surface area contributed by atoms with E-state index < -0.39 is 5.97 Å². The summed E-state index contributed by atoms with van der Waals surface area (Å²) >= 11 is 18.1. The van der Waals surface area contributed by atoms with Crippen molar-refractivity contribution in [1.82, 2.24) is 0 Å². The molecule has 0 unspecified atom stereocenters. The van der Waals surface area contributed by atoms with Crippen molar-refractivity contribution in [2.45, 2.75) is 13.5 Å². The van der Waals surface area contributed by atoms with Crippen LogP contribution >= 0.6 is 34.8 Å². The molecule has 1 N–H and O–H groups in total. The fourth-order valence-electron chi connectivity index (χ4n) is 1.88. The Kier molecular flexibility index (Phi) is 5.99. The van der Waals surface area contributed by atoms with Gasteiger partial charge in [0.15, 0.2) is 11.5 Å². The molecule has 4 nitrogen and oxygen atoms in total. The molecule has 0 aromatic heterocycles. The lowest BCUT2D eigenvalue weighted by atomic mass is 10.2. The highest BCUT2D eigenvalue weighted by molar-refractivity contribution is 6.35. The van der Waals surface area contributed by atoms with Crippen molar-refractivity contribution in [1.29, 1.82) is 0 Å². The zero-order chi connectivity index (χ0) is 17.0. The predicted octanol–water partition coefficient (Wildman–Crippen LogP) is 5.32. The largest absolute Gasteiger partial charge is 0.490 e. The van der Waals surface area contributed by atoms with Crippen molar-refractivity contribution in [2.75, 3.05) is 6.61 Å². The Bertz CT molecular complexity index is 732. The molecule has 122 valence electrons. The van der Waals surface area contributed by atoms with Crippen LogP contribution in [0, 0.1) is 0 Å². The van der Waals surface area contributed by atoms with Gasteiger partial charge in [-0.2, -0.15) is 0 Å². The molecule has 2 aromatic rings. The van der Waals surface area contributed by atoms with Gasteiger partial charge in [-0.1, -0.05) is 40.9 Å². The Labute approximate surface area is 148 Å². The van der Waals surface area contributed by atoms with Crippen LogP contribution in [-0.2, 0) is 6.61 Å². The number of benzene rings is 2. The lowest BCUT2D eigenvalue weighted by Gasteiger charge is -2.15. The molecule has 2 aromatic carbocycles. The van der Waals surface area contributed by atoms with Gasteiger partial charge in [0.1, 0.15) is 6.61 Å². The van der Waals surface area contributed by atoms with Gasteiger partial charge in [0.2, 0.25) is 0 Å². The summed E-state index contributed by atoms with van der Waals surface area (Å²) in [7, 11) is 0. The monoisotopic (exact) mass is 374 g/mol. The Morgan fingerprint density at radius 2 is 1.83 bits per heavy atom. The second kappa shape index (κ2) is 7.77. The van der Waals surface area contributed by atoms with Gasteiger partial charge in [-0.05, 0) is 31.2 Å². The first-order valence-electron chi connectivity index (χ1n) is 6.68. The first kappa shape index (κ1) is 17.7. The number of aromatic carboxylic acids is 1. The smallest absolute Gasteiger partial charge is 0.335 e. The van der Waals surface area contributed by atoms with E-state index in [2.05, 4.69) is 0 Å². The summed E-state index contributed by atoms with van der Waals surface area (Å²) in [6.45, 7) is 2.26. The minimum atomic E-state index is -1.10. The maximum Gasteiger partial charge on any atom is 0.335 e. The van der Waals surface area contributed by atoms with Crippen molar-refractivity contribution in [2.24, 2.45) is 0 Å². The van der Waals surface area contributed by atoms with E-state index in [1.54, 1.807) is 25.1 Å². The molecule has 23 heavy (non-hydrogen) atoms. The standard InChI is InChI=1S/C16H13Cl3O4/c1-2-22-14-6-10(16(20)21)5-13(19)15(14)23-8-9-3-4-11(17)7-12(9)18/h3-7H,2,8H2,1H3,(H,20,21). The molecule has 0 heterocycles. The van der Waals surface area contributed by atoms with Crippen LogP contribution in [0.5, 0.6) is 11.5 Å². The van der Waals surface area contributed by atoms with Gasteiger partial charge >= 0.3 is 5.97 Å². The molecule has 0 aliphatic carbocycles. The van der Waals surface area contributed by atoms with Crippen LogP contribution in [0.3, 0.4) is 0 Å². The van der Waals surface area contributed by atoms with Crippen molar-refractivity contribution in [3.63, 3.8) is 0 Å². The molecular weight excluding hydrogens is 363 g/mol.